The highest BCUT2D eigenvalue weighted by atomic mass is 15.2. The Morgan fingerprint density at radius 2 is 1.94 bits per heavy atom. The summed E-state index contributed by atoms with van der Waals surface area (Å²) in [5.41, 5.74) is 0.232. The summed E-state index contributed by atoms with van der Waals surface area (Å²) in [5, 5.41) is 7.41. The van der Waals surface area contributed by atoms with Gasteiger partial charge in [-0.3, -0.25) is 5.32 Å². The summed E-state index contributed by atoms with van der Waals surface area (Å²) in [7, 11) is 2.13. The molecule has 1 aliphatic heterocycles. The van der Waals surface area contributed by atoms with Crippen molar-refractivity contribution in [3.63, 3.8) is 0 Å². The standard InChI is InChI=1S/C16H34N2/c1-4-6-7-8-9-12-16(17-3)13-10-11-15(5-2)14-18-16/h15,17-18H,4-14H2,1-3H3. The molecule has 2 unspecified atom stereocenters. The van der Waals surface area contributed by atoms with Crippen LogP contribution in [0.25, 0.3) is 0 Å². The van der Waals surface area contributed by atoms with Crippen molar-refractivity contribution in [2.45, 2.75) is 83.7 Å². The fraction of sp³-hybridized carbons (Fsp3) is 1.00. The summed E-state index contributed by atoms with van der Waals surface area (Å²) in [6.07, 6.45) is 13.6. The summed E-state index contributed by atoms with van der Waals surface area (Å²) in [6.45, 7) is 5.81. The molecule has 1 rings (SSSR count). The Morgan fingerprint density at radius 3 is 2.61 bits per heavy atom. The molecule has 1 heterocycles. The van der Waals surface area contributed by atoms with Gasteiger partial charge in [-0.05, 0) is 45.2 Å². The third kappa shape index (κ3) is 5.27. The molecule has 2 heteroatoms. The monoisotopic (exact) mass is 254 g/mol. The van der Waals surface area contributed by atoms with Crippen LogP contribution >= 0.6 is 0 Å². The van der Waals surface area contributed by atoms with Crippen LogP contribution in [-0.4, -0.2) is 19.3 Å². The van der Waals surface area contributed by atoms with Crippen LogP contribution in [0.2, 0.25) is 0 Å². The molecular formula is C16H34N2. The highest BCUT2D eigenvalue weighted by Gasteiger charge is 2.29. The van der Waals surface area contributed by atoms with E-state index in [0.717, 1.165) is 5.92 Å². The van der Waals surface area contributed by atoms with Crippen LogP contribution in [-0.2, 0) is 0 Å². The third-order valence-electron chi connectivity index (χ3n) is 4.71. The van der Waals surface area contributed by atoms with Crippen LogP contribution in [0.5, 0.6) is 0 Å². The molecule has 0 saturated carbocycles. The smallest absolute Gasteiger partial charge is 0.0684 e. The van der Waals surface area contributed by atoms with Crippen molar-refractivity contribution >= 4 is 0 Å². The van der Waals surface area contributed by atoms with Crippen molar-refractivity contribution in [1.29, 1.82) is 0 Å². The number of rotatable bonds is 8. The number of nitrogens with one attached hydrogen (secondary N) is 2. The Labute approximate surface area is 114 Å². The van der Waals surface area contributed by atoms with Crippen LogP contribution in [0.15, 0.2) is 0 Å². The first kappa shape index (κ1) is 16.0. The number of hydrogen-bond donors (Lipinski definition) is 2. The lowest BCUT2D eigenvalue weighted by Gasteiger charge is -2.34. The molecule has 2 N–H and O–H groups in total. The van der Waals surface area contributed by atoms with Crippen molar-refractivity contribution in [3.8, 4) is 0 Å². The summed E-state index contributed by atoms with van der Waals surface area (Å²) in [6, 6.07) is 0. The van der Waals surface area contributed by atoms with E-state index in [-0.39, 0.29) is 5.66 Å². The second-order valence-corrected chi connectivity index (χ2v) is 6.04. The Bertz CT molecular complexity index is 205. The Kier molecular flexibility index (Phi) is 7.92. The zero-order chi connectivity index (χ0) is 13.3. The van der Waals surface area contributed by atoms with Gasteiger partial charge in [-0.2, -0.15) is 0 Å². The molecule has 0 radical (unpaired) electrons. The largest absolute Gasteiger partial charge is 0.302 e. The average molecular weight is 254 g/mol. The zero-order valence-electron chi connectivity index (χ0n) is 12.9. The van der Waals surface area contributed by atoms with Gasteiger partial charge in [0.25, 0.3) is 0 Å². The van der Waals surface area contributed by atoms with Crippen molar-refractivity contribution in [3.05, 3.63) is 0 Å². The minimum atomic E-state index is 0.232. The molecule has 2 nitrogen and oxygen atoms in total. The van der Waals surface area contributed by atoms with Crippen molar-refractivity contribution in [2.24, 2.45) is 5.92 Å². The molecule has 18 heavy (non-hydrogen) atoms. The molecule has 1 fully saturated rings. The van der Waals surface area contributed by atoms with Crippen LogP contribution in [0.4, 0.5) is 0 Å². The van der Waals surface area contributed by atoms with Gasteiger partial charge in [0.2, 0.25) is 0 Å². The van der Waals surface area contributed by atoms with Gasteiger partial charge in [-0.25, -0.2) is 0 Å². The third-order valence-corrected chi connectivity index (χ3v) is 4.71. The van der Waals surface area contributed by atoms with E-state index < -0.39 is 0 Å². The lowest BCUT2D eigenvalue weighted by molar-refractivity contribution is 0.234. The van der Waals surface area contributed by atoms with Gasteiger partial charge in [0.05, 0.1) is 5.66 Å². The van der Waals surface area contributed by atoms with E-state index in [1.165, 1.54) is 70.8 Å². The highest BCUT2D eigenvalue weighted by Crippen LogP contribution is 2.26. The lowest BCUT2D eigenvalue weighted by atomic mass is 9.95. The van der Waals surface area contributed by atoms with Crippen molar-refractivity contribution in [1.82, 2.24) is 10.6 Å². The maximum atomic E-state index is 3.83. The molecule has 108 valence electrons. The maximum Gasteiger partial charge on any atom is 0.0684 e. The Balaban J connectivity index is 2.32. The van der Waals surface area contributed by atoms with E-state index in [1.54, 1.807) is 0 Å². The Morgan fingerprint density at radius 1 is 1.17 bits per heavy atom. The molecule has 0 aromatic rings. The van der Waals surface area contributed by atoms with Crippen LogP contribution < -0.4 is 10.6 Å². The predicted octanol–water partition coefficient (Wildman–Crippen LogP) is 4.06. The van der Waals surface area contributed by atoms with E-state index in [4.69, 9.17) is 0 Å². The summed E-state index contributed by atoms with van der Waals surface area (Å²) < 4.78 is 0. The van der Waals surface area contributed by atoms with Crippen LogP contribution in [0.3, 0.4) is 0 Å². The second kappa shape index (κ2) is 8.92. The molecule has 2 atom stereocenters. The minimum Gasteiger partial charge on any atom is -0.302 e. The molecule has 1 aliphatic rings. The average Bonchev–Trinajstić information content (AvgIpc) is 2.61. The van der Waals surface area contributed by atoms with Crippen LogP contribution in [0, 0.1) is 5.92 Å². The fourth-order valence-electron chi connectivity index (χ4n) is 3.15. The lowest BCUT2D eigenvalue weighted by Crippen LogP contribution is -2.55. The van der Waals surface area contributed by atoms with E-state index in [2.05, 4.69) is 31.5 Å². The van der Waals surface area contributed by atoms with Gasteiger partial charge >= 0.3 is 0 Å². The molecule has 0 spiro atoms. The van der Waals surface area contributed by atoms with E-state index in [1.807, 2.05) is 0 Å². The first-order valence-electron chi connectivity index (χ1n) is 8.20. The predicted molar refractivity (Wildman–Crippen MR) is 80.8 cm³/mol. The number of unbranched alkanes of at least 4 members (excludes halogenated alkanes) is 4. The Hall–Kier alpha value is -0.0800. The van der Waals surface area contributed by atoms with Gasteiger partial charge in [0, 0.05) is 0 Å². The van der Waals surface area contributed by atoms with E-state index >= 15 is 0 Å². The first-order valence-corrected chi connectivity index (χ1v) is 8.20. The van der Waals surface area contributed by atoms with Crippen molar-refractivity contribution in [2.75, 3.05) is 13.6 Å². The summed E-state index contributed by atoms with van der Waals surface area (Å²) >= 11 is 0. The second-order valence-electron chi connectivity index (χ2n) is 6.04. The van der Waals surface area contributed by atoms with E-state index in [0.29, 0.717) is 0 Å². The quantitative estimate of drug-likeness (QED) is 0.638. The van der Waals surface area contributed by atoms with Crippen molar-refractivity contribution < 1.29 is 0 Å². The topological polar surface area (TPSA) is 24.1 Å². The molecular weight excluding hydrogens is 220 g/mol. The molecule has 0 bridgehead atoms. The maximum absolute atomic E-state index is 3.83. The highest BCUT2D eigenvalue weighted by molar-refractivity contribution is 4.87. The van der Waals surface area contributed by atoms with Gasteiger partial charge in [-0.1, -0.05) is 52.4 Å². The number of hydrogen-bond acceptors (Lipinski definition) is 2. The summed E-state index contributed by atoms with van der Waals surface area (Å²) in [5.74, 6) is 0.889. The van der Waals surface area contributed by atoms with Gasteiger partial charge < -0.3 is 5.32 Å². The SMILES string of the molecule is CCCCCCCC1(NC)CCCC(CC)CN1. The normalized spacial score (nSPS) is 29.2. The first-order chi connectivity index (χ1) is 8.76. The van der Waals surface area contributed by atoms with Gasteiger partial charge in [0.15, 0.2) is 0 Å². The van der Waals surface area contributed by atoms with Gasteiger partial charge in [0.1, 0.15) is 0 Å². The van der Waals surface area contributed by atoms with Gasteiger partial charge in [-0.15, -0.1) is 0 Å². The van der Waals surface area contributed by atoms with Crippen LogP contribution in [0.1, 0.15) is 78.1 Å². The molecule has 0 aromatic carbocycles. The fourth-order valence-corrected chi connectivity index (χ4v) is 3.15. The summed E-state index contributed by atoms with van der Waals surface area (Å²) in [4.78, 5) is 0. The van der Waals surface area contributed by atoms with E-state index in [9.17, 15) is 0 Å². The molecule has 0 aliphatic carbocycles. The minimum absolute atomic E-state index is 0.232. The molecule has 0 aromatic heterocycles. The molecule has 0 amide bonds. The molecule has 1 saturated heterocycles. The zero-order valence-corrected chi connectivity index (χ0v) is 12.9.